The van der Waals surface area contributed by atoms with Crippen molar-refractivity contribution in [2.45, 2.75) is 13.2 Å². The maximum absolute atomic E-state index is 12.8. The van der Waals surface area contributed by atoms with Crippen molar-refractivity contribution in [1.82, 2.24) is 5.32 Å². The van der Waals surface area contributed by atoms with E-state index in [0.717, 1.165) is 11.1 Å². The molecule has 2 N–H and O–H groups in total. The molecule has 0 saturated carbocycles. The minimum Gasteiger partial charge on any atom is -0.454 e. The molecule has 1 aliphatic heterocycles. The number of hydrogen-bond donors (Lipinski definition) is 2. The van der Waals surface area contributed by atoms with E-state index in [1.54, 1.807) is 43.5 Å². The van der Waals surface area contributed by atoms with Crippen molar-refractivity contribution < 1.29 is 23.8 Å². The van der Waals surface area contributed by atoms with Gasteiger partial charge in [0.1, 0.15) is 0 Å². The van der Waals surface area contributed by atoms with Gasteiger partial charge in [0.15, 0.2) is 11.5 Å². The first-order valence-electron chi connectivity index (χ1n) is 9.79. The van der Waals surface area contributed by atoms with E-state index in [2.05, 4.69) is 10.6 Å². The summed E-state index contributed by atoms with van der Waals surface area (Å²) in [7, 11) is 1.62. The highest BCUT2D eigenvalue weighted by Gasteiger charge is 2.16. The number of fused-ring (bicyclic) bond motifs is 1. The molecule has 0 aromatic heterocycles. The molecule has 1 heterocycles. The Kier molecular flexibility index (Phi) is 6.14. The first-order chi connectivity index (χ1) is 15.1. The Morgan fingerprint density at radius 3 is 2.45 bits per heavy atom. The quantitative estimate of drug-likeness (QED) is 0.611. The van der Waals surface area contributed by atoms with E-state index in [-0.39, 0.29) is 18.6 Å². The number of para-hydroxylation sites is 1. The lowest BCUT2D eigenvalue weighted by Gasteiger charge is -2.12. The first-order valence-corrected chi connectivity index (χ1v) is 9.79. The molecule has 0 spiro atoms. The monoisotopic (exact) mass is 418 g/mol. The van der Waals surface area contributed by atoms with Crippen molar-refractivity contribution in [2.24, 2.45) is 0 Å². The molecule has 0 saturated heterocycles. The minimum atomic E-state index is -0.292. The fourth-order valence-electron chi connectivity index (χ4n) is 3.23. The number of ether oxygens (including phenoxy) is 3. The summed E-state index contributed by atoms with van der Waals surface area (Å²) < 4.78 is 15.8. The molecule has 0 aliphatic carbocycles. The van der Waals surface area contributed by atoms with Crippen LogP contribution in [0.3, 0.4) is 0 Å². The summed E-state index contributed by atoms with van der Waals surface area (Å²) in [5, 5.41) is 5.70. The Labute approximate surface area is 179 Å². The van der Waals surface area contributed by atoms with Crippen LogP contribution in [0, 0.1) is 0 Å². The Balaban J connectivity index is 1.42. The summed E-state index contributed by atoms with van der Waals surface area (Å²) in [4.78, 5) is 25.4. The number of benzene rings is 3. The highest BCUT2D eigenvalue weighted by Crippen LogP contribution is 2.32. The standard InChI is InChI=1S/C24H22N2O5/c1-29-14-16-6-9-18(10-7-16)23(27)26-20-5-3-2-4-19(20)24(28)25-13-17-8-11-21-22(12-17)31-15-30-21/h2-12H,13-15H2,1H3,(H,25,28)(H,26,27). The molecule has 31 heavy (non-hydrogen) atoms. The lowest BCUT2D eigenvalue weighted by atomic mass is 10.1. The highest BCUT2D eigenvalue weighted by molar-refractivity contribution is 6.09. The molecule has 7 heteroatoms. The van der Waals surface area contributed by atoms with Crippen LogP contribution in [0.5, 0.6) is 11.5 Å². The lowest BCUT2D eigenvalue weighted by molar-refractivity contribution is 0.0951. The van der Waals surface area contributed by atoms with Gasteiger partial charge in [-0.2, -0.15) is 0 Å². The Hall–Kier alpha value is -3.84. The van der Waals surface area contributed by atoms with Crippen molar-refractivity contribution >= 4 is 17.5 Å². The number of nitrogens with one attached hydrogen (secondary N) is 2. The van der Waals surface area contributed by atoms with Crippen LogP contribution >= 0.6 is 0 Å². The van der Waals surface area contributed by atoms with Crippen LogP contribution in [0.1, 0.15) is 31.8 Å². The summed E-state index contributed by atoms with van der Waals surface area (Å²) in [5.41, 5.74) is 3.18. The number of anilines is 1. The van der Waals surface area contributed by atoms with Crippen molar-refractivity contribution in [2.75, 3.05) is 19.2 Å². The molecule has 0 fully saturated rings. The molecule has 3 aromatic carbocycles. The van der Waals surface area contributed by atoms with E-state index >= 15 is 0 Å². The topological polar surface area (TPSA) is 85.9 Å². The van der Waals surface area contributed by atoms with Gasteiger partial charge < -0.3 is 24.8 Å². The van der Waals surface area contributed by atoms with Crippen LogP contribution in [0.2, 0.25) is 0 Å². The van der Waals surface area contributed by atoms with E-state index in [1.807, 2.05) is 30.3 Å². The second-order valence-electron chi connectivity index (χ2n) is 7.00. The SMILES string of the molecule is COCc1ccc(C(=O)Nc2ccccc2C(=O)NCc2ccc3c(c2)OCO3)cc1. The zero-order chi connectivity index (χ0) is 21.6. The molecule has 1 aliphatic rings. The van der Waals surface area contributed by atoms with E-state index in [0.29, 0.717) is 41.5 Å². The van der Waals surface area contributed by atoms with Crippen LogP contribution in [0.25, 0.3) is 0 Å². The van der Waals surface area contributed by atoms with Gasteiger partial charge in [0.25, 0.3) is 11.8 Å². The minimum absolute atomic E-state index is 0.202. The third-order valence-corrected chi connectivity index (χ3v) is 4.84. The molecule has 0 unspecified atom stereocenters. The van der Waals surface area contributed by atoms with Gasteiger partial charge in [0.2, 0.25) is 6.79 Å². The third kappa shape index (κ3) is 4.84. The maximum Gasteiger partial charge on any atom is 0.255 e. The fraction of sp³-hybridized carbons (Fsp3) is 0.167. The third-order valence-electron chi connectivity index (χ3n) is 4.84. The normalized spacial score (nSPS) is 11.8. The zero-order valence-corrected chi connectivity index (χ0v) is 17.0. The van der Waals surface area contributed by atoms with E-state index in [4.69, 9.17) is 14.2 Å². The summed E-state index contributed by atoms with van der Waals surface area (Å²) in [6.45, 7) is 1.00. The zero-order valence-electron chi connectivity index (χ0n) is 17.0. The molecule has 158 valence electrons. The summed E-state index contributed by atoms with van der Waals surface area (Å²) in [5.74, 6) is 0.776. The number of carbonyl (C=O) groups is 2. The van der Waals surface area contributed by atoms with Crippen LogP contribution in [-0.2, 0) is 17.9 Å². The number of amides is 2. The predicted octanol–water partition coefficient (Wildman–Crippen LogP) is 3.74. The van der Waals surface area contributed by atoms with E-state index in [9.17, 15) is 9.59 Å². The second-order valence-corrected chi connectivity index (χ2v) is 7.00. The molecule has 2 amide bonds. The summed E-state index contributed by atoms with van der Waals surface area (Å²) in [6, 6.07) is 19.5. The number of carbonyl (C=O) groups excluding carboxylic acids is 2. The van der Waals surface area contributed by atoms with Crippen LogP contribution in [0.15, 0.2) is 66.7 Å². The van der Waals surface area contributed by atoms with Gasteiger partial charge >= 0.3 is 0 Å². The summed E-state index contributed by atoms with van der Waals surface area (Å²) >= 11 is 0. The van der Waals surface area contributed by atoms with Crippen LogP contribution in [0.4, 0.5) is 5.69 Å². The van der Waals surface area contributed by atoms with Gasteiger partial charge in [-0.3, -0.25) is 9.59 Å². The van der Waals surface area contributed by atoms with Crippen molar-refractivity contribution in [3.05, 3.63) is 89.0 Å². The molecular weight excluding hydrogens is 396 g/mol. The largest absolute Gasteiger partial charge is 0.454 e. The lowest BCUT2D eigenvalue weighted by Crippen LogP contribution is -2.24. The van der Waals surface area contributed by atoms with Gasteiger partial charge in [0.05, 0.1) is 17.9 Å². The molecule has 4 rings (SSSR count). The van der Waals surface area contributed by atoms with Gasteiger partial charge in [-0.05, 0) is 47.5 Å². The predicted molar refractivity (Wildman–Crippen MR) is 115 cm³/mol. The van der Waals surface area contributed by atoms with Crippen LogP contribution in [-0.4, -0.2) is 25.7 Å². The summed E-state index contributed by atoms with van der Waals surface area (Å²) in [6.07, 6.45) is 0. The smallest absolute Gasteiger partial charge is 0.255 e. The number of hydrogen-bond acceptors (Lipinski definition) is 5. The molecule has 0 bridgehead atoms. The number of rotatable bonds is 7. The van der Waals surface area contributed by atoms with Crippen LogP contribution < -0.4 is 20.1 Å². The fourth-order valence-corrected chi connectivity index (χ4v) is 3.23. The highest BCUT2D eigenvalue weighted by atomic mass is 16.7. The Morgan fingerprint density at radius 1 is 0.903 bits per heavy atom. The van der Waals surface area contributed by atoms with E-state index in [1.165, 1.54) is 0 Å². The molecule has 0 radical (unpaired) electrons. The van der Waals surface area contributed by atoms with E-state index < -0.39 is 0 Å². The molecular formula is C24H22N2O5. The first kappa shape index (κ1) is 20.4. The van der Waals surface area contributed by atoms with Crippen molar-refractivity contribution in [3.8, 4) is 11.5 Å². The molecule has 7 nitrogen and oxygen atoms in total. The van der Waals surface area contributed by atoms with Crippen molar-refractivity contribution in [3.63, 3.8) is 0 Å². The van der Waals surface area contributed by atoms with Gasteiger partial charge in [-0.25, -0.2) is 0 Å². The Morgan fingerprint density at radius 2 is 1.65 bits per heavy atom. The molecule has 3 aromatic rings. The second kappa shape index (κ2) is 9.32. The van der Waals surface area contributed by atoms with Crippen molar-refractivity contribution in [1.29, 1.82) is 0 Å². The van der Waals surface area contributed by atoms with Gasteiger partial charge in [0, 0.05) is 19.2 Å². The number of methoxy groups -OCH3 is 1. The average Bonchev–Trinajstić information content (AvgIpc) is 3.26. The average molecular weight is 418 g/mol. The van der Waals surface area contributed by atoms with Gasteiger partial charge in [-0.1, -0.05) is 30.3 Å². The maximum atomic E-state index is 12.8. The van der Waals surface area contributed by atoms with Gasteiger partial charge in [-0.15, -0.1) is 0 Å². The molecule has 0 atom stereocenters. The Bertz CT molecular complexity index is 1100.